The number of halogens is 1. The Bertz CT molecular complexity index is 823. The highest BCUT2D eigenvalue weighted by atomic mass is 19.1. The monoisotopic (exact) mass is 329 g/mol. The summed E-state index contributed by atoms with van der Waals surface area (Å²) < 4.78 is 18.2. The number of carbonyl (C=O) groups is 1. The highest BCUT2D eigenvalue weighted by Gasteiger charge is 2.27. The van der Waals surface area contributed by atoms with E-state index in [-0.39, 0.29) is 12.4 Å². The van der Waals surface area contributed by atoms with E-state index < -0.39 is 11.5 Å². The molecule has 0 radical (unpaired) electrons. The van der Waals surface area contributed by atoms with Crippen LogP contribution in [-0.2, 0) is 5.60 Å². The summed E-state index contributed by atoms with van der Waals surface area (Å²) in [4.78, 5) is 12.4. The fourth-order valence-corrected chi connectivity index (χ4v) is 2.31. The van der Waals surface area contributed by atoms with Crippen molar-refractivity contribution in [3.63, 3.8) is 0 Å². The van der Waals surface area contributed by atoms with E-state index in [1.54, 1.807) is 31.2 Å². The van der Waals surface area contributed by atoms with Crippen LogP contribution in [0.1, 0.15) is 23.0 Å². The largest absolute Gasteiger partial charge is 0.466 e. The Labute approximate surface area is 137 Å². The van der Waals surface area contributed by atoms with Gasteiger partial charge in [-0.3, -0.25) is 9.89 Å². The van der Waals surface area contributed by atoms with Crippen LogP contribution in [-0.4, -0.2) is 27.8 Å². The molecule has 1 amide bonds. The number of nitrogens with zero attached hydrogens (tertiary/aromatic N) is 1. The first-order valence-corrected chi connectivity index (χ1v) is 7.31. The Morgan fingerprint density at radius 1 is 1.38 bits per heavy atom. The minimum Gasteiger partial charge on any atom is -0.466 e. The van der Waals surface area contributed by atoms with E-state index in [9.17, 15) is 14.3 Å². The molecule has 1 unspecified atom stereocenters. The summed E-state index contributed by atoms with van der Waals surface area (Å²) in [6.07, 6.45) is 2.84. The number of aromatic nitrogens is 2. The van der Waals surface area contributed by atoms with Crippen LogP contribution in [0.5, 0.6) is 0 Å². The molecular weight excluding hydrogens is 313 g/mol. The summed E-state index contributed by atoms with van der Waals surface area (Å²) in [6, 6.07) is 9.01. The molecule has 0 aliphatic carbocycles. The lowest BCUT2D eigenvalue weighted by atomic mass is 10.0. The Morgan fingerprint density at radius 3 is 2.79 bits per heavy atom. The van der Waals surface area contributed by atoms with Crippen molar-refractivity contribution in [2.24, 2.45) is 0 Å². The molecule has 2 heterocycles. The van der Waals surface area contributed by atoms with Crippen LogP contribution in [0.4, 0.5) is 4.39 Å². The number of amides is 1. The van der Waals surface area contributed by atoms with E-state index >= 15 is 0 Å². The second-order valence-corrected chi connectivity index (χ2v) is 5.60. The van der Waals surface area contributed by atoms with Gasteiger partial charge in [-0.1, -0.05) is 0 Å². The van der Waals surface area contributed by atoms with Crippen molar-refractivity contribution in [1.29, 1.82) is 0 Å². The lowest BCUT2D eigenvalue weighted by molar-refractivity contribution is 0.0330. The molecule has 1 aromatic carbocycles. The zero-order valence-electron chi connectivity index (χ0n) is 12.9. The predicted octanol–water partition coefficient (Wildman–Crippen LogP) is 2.45. The molecule has 0 bridgehead atoms. The van der Waals surface area contributed by atoms with Gasteiger partial charge in [0.15, 0.2) is 0 Å². The summed E-state index contributed by atoms with van der Waals surface area (Å²) in [5.74, 6) is -0.414. The molecule has 124 valence electrons. The number of carbonyl (C=O) groups excluding carboxylic acids is 1. The molecule has 3 rings (SSSR count). The zero-order chi connectivity index (χ0) is 17.2. The summed E-state index contributed by atoms with van der Waals surface area (Å²) in [7, 11) is 0. The molecule has 1 atom stereocenters. The minimum atomic E-state index is -1.33. The zero-order valence-corrected chi connectivity index (χ0v) is 12.9. The van der Waals surface area contributed by atoms with Gasteiger partial charge >= 0.3 is 0 Å². The second-order valence-electron chi connectivity index (χ2n) is 5.60. The normalized spacial score (nSPS) is 13.5. The predicted molar refractivity (Wildman–Crippen MR) is 84.6 cm³/mol. The first-order chi connectivity index (χ1) is 11.5. The highest BCUT2D eigenvalue weighted by molar-refractivity contribution is 5.99. The minimum absolute atomic E-state index is 0.0343. The maximum Gasteiger partial charge on any atom is 0.255 e. The van der Waals surface area contributed by atoms with Crippen LogP contribution in [0, 0.1) is 5.82 Å². The Kier molecular flexibility index (Phi) is 4.18. The molecule has 0 aliphatic rings. The van der Waals surface area contributed by atoms with Gasteiger partial charge in [-0.25, -0.2) is 4.39 Å². The number of benzene rings is 1. The summed E-state index contributed by atoms with van der Waals surface area (Å²) in [5.41, 5.74) is 0.0812. The van der Waals surface area contributed by atoms with E-state index in [0.717, 1.165) is 0 Å². The fraction of sp³-hybridized carbons (Fsp3) is 0.176. The number of rotatable bonds is 5. The van der Waals surface area contributed by atoms with Gasteiger partial charge in [-0.05, 0) is 43.3 Å². The average molecular weight is 329 g/mol. The van der Waals surface area contributed by atoms with Crippen LogP contribution < -0.4 is 5.32 Å². The molecule has 0 spiro atoms. The first-order valence-electron chi connectivity index (χ1n) is 7.31. The smallest absolute Gasteiger partial charge is 0.255 e. The number of hydrogen-bond acceptors (Lipinski definition) is 4. The number of nitrogens with one attached hydrogen (secondary N) is 2. The van der Waals surface area contributed by atoms with Gasteiger partial charge in [0.2, 0.25) is 0 Å². The van der Waals surface area contributed by atoms with E-state index in [2.05, 4.69) is 15.5 Å². The third kappa shape index (κ3) is 3.21. The van der Waals surface area contributed by atoms with Gasteiger partial charge in [0.05, 0.1) is 30.3 Å². The highest BCUT2D eigenvalue weighted by Crippen LogP contribution is 2.23. The quantitative estimate of drug-likeness (QED) is 0.670. The fourth-order valence-electron chi connectivity index (χ4n) is 2.31. The van der Waals surface area contributed by atoms with Crippen molar-refractivity contribution < 1.29 is 18.7 Å². The van der Waals surface area contributed by atoms with Crippen molar-refractivity contribution in [2.45, 2.75) is 12.5 Å². The maximum atomic E-state index is 13.0. The van der Waals surface area contributed by atoms with Gasteiger partial charge in [0.25, 0.3) is 5.91 Å². The summed E-state index contributed by atoms with van der Waals surface area (Å²) in [6.45, 7) is 1.51. The number of H-pyrrole nitrogens is 1. The second kappa shape index (κ2) is 6.29. The molecule has 3 aromatic rings. The van der Waals surface area contributed by atoms with Gasteiger partial charge < -0.3 is 14.8 Å². The maximum absolute atomic E-state index is 13.0. The third-order valence-corrected chi connectivity index (χ3v) is 3.66. The van der Waals surface area contributed by atoms with Gasteiger partial charge in [0, 0.05) is 5.56 Å². The van der Waals surface area contributed by atoms with Crippen LogP contribution in [0.2, 0.25) is 0 Å². The van der Waals surface area contributed by atoms with E-state index in [0.29, 0.717) is 22.6 Å². The van der Waals surface area contributed by atoms with Gasteiger partial charge in [-0.15, -0.1) is 0 Å². The van der Waals surface area contributed by atoms with Crippen molar-refractivity contribution in [3.8, 4) is 11.3 Å². The SMILES string of the molecule is CC(O)(CNC(=O)c1cn[nH]c1-c1ccc(F)cc1)c1ccco1. The lowest BCUT2D eigenvalue weighted by Crippen LogP contribution is -2.38. The van der Waals surface area contributed by atoms with Crippen molar-refractivity contribution in [1.82, 2.24) is 15.5 Å². The van der Waals surface area contributed by atoms with Crippen molar-refractivity contribution in [3.05, 3.63) is 66.0 Å². The third-order valence-electron chi connectivity index (χ3n) is 3.66. The van der Waals surface area contributed by atoms with E-state index in [1.807, 2.05) is 0 Å². The standard InChI is InChI=1S/C17H16FN3O3/c1-17(23,14-3-2-8-24-14)10-19-16(22)13-9-20-21-15(13)11-4-6-12(18)7-5-11/h2-9,23H,10H2,1H3,(H,19,22)(H,20,21). The molecule has 24 heavy (non-hydrogen) atoms. The molecule has 0 aliphatic heterocycles. The molecule has 0 saturated heterocycles. The molecule has 0 fully saturated rings. The van der Waals surface area contributed by atoms with Crippen LogP contribution in [0.15, 0.2) is 53.3 Å². The summed E-state index contributed by atoms with van der Waals surface area (Å²) >= 11 is 0. The molecule has 7 heteroatoms. The number of furan rings is 1. The molecule has 0 saturated carbocycles. The summed E-state index contributed by atoms with van der Waals surface area (Å²) in [5, 5.41) is 19.6. The van der Waals surface area contributed by atoms with Crippen LogP contribution in [0.3, 0.4) is 0 Å². The molecular formula is C17H16FN3O3. The van der Waals surface area contributed by atoms with Gasteiger partial charge in [0.1, 0.15) is 17.2 Å². The number of aromatic amines is 1. The molecule has 3 N–H and O–H groups in total. The Morgan fingerprint density at radius 2 is 2.12 bits per heavy atom. The number of hydrogen-bond donors (Lipinski definition) is 3. The lowest BCUT2D eigenvalue weighted by Gasteiger charge is -2.21. The van der Waals surface area contributed by atoms with Crippen LogP contribution in [0.25, 0.3) is 11.3 Å². The Balaban J connectivity index is 1.75. The topological polar surface area (TPSA) is 91.1 Å². The first kappa shape index (κ1) is 15.9. The van der Waals surface area contributed by atoms with Crippen molar-refractivity contribution >= 4 is 5.91 Å². The molecule has 2 aromatic heterocycles. The molecule has 6 nitrogen and oxygen atoms in total. The van der Waals surface area contributed by atoms with Crippen LogP contribution >= 0.6 is 0 Å². The van der Waals surface area contributed by atoms with E-state index in [4.69, 9.17) is 4.42 Å². The number of aliphatic hydroxyl groups is 1. The van der Waals surface area contributed by atoms with Crippen molar-refractivity contribution in [2.75, 3.05) is 6.54 Å². The van der Waals surface area contributed by atoms with E-state index in [1.165, 1.54) is 24.6 Å². The Hall–Kier alpha value is -2.93. The van der Waals surface area contributed by atoms with Gasteiger partial charge in [-0.2, -0.15) is 5.10 Å². The average Bonchev–Trinajstić information content (AvgIpc) is 3.25.